The summed E-state index contributed by atoms with van der Waals surface area (Å²) in [5.41, 5.74) is 0.142. The lowest BCUT2D eigenvalue weighted by atomic mass is 9.96. The maximum absolute atomic E-state index is 12.2. The lowest BCUT2D eigenvalue weighted by Crippen LogP contribution is -2.56. The number of unbranched alkanes of at least 4 members (excludes halogenated alkanes) is 2. The zero-order chi connectivity index (χ0) is 13.7. The standard InChI is InChI=1S/C16H23NO2/c1-3-5-11-16(12-6-4-2)17-15(18)13-9-7-8-10-14(13)19-16/h7-10H,3-6,11-12H2,1-2H3,(H,17,18). The molecule has 19 heavy (non-hydrogen) atoms. The van der Waals surface area contributed by atoms with Crippen LogP contribution in [-0.4, -0.2) is 11.6 Å². The fraction of sp³-hybridized carbons (Fsp3) is 0.562. The van der Waals surface area contributed by atoms with Crippen LogP contribution in [0.2, 0.25) is 0 Å². The monoisotopic (exact) mass is 261 g/mol. The Morgan fingerprint density at radius 3 is 2.37 bits per heavy atom. The molecule has 1 amide bonds. The average molecular weight is 261 g/mol. The molecule has 2 rings (SSSR count). The molecule has 0 aliphatic carbocycles. The Labute approximate surface area is 115 Å². The Hall–Kier alpha value is -1.51. The minimum absolute atomic E-state index is 0.00550. The largest absolute Gasteiger partial charge is 0.467 e. The third-order valence-corrected chi connectivity index (χ3v) is 3.65. The van der Waals surface area contributed by atoms with E-state index in [9.17, 15) is 4.79 Å². The number of rotatable bonds is 6. The molecular weight excluding hydrogens is 238 g/mol. The Balaban J connectivity index is 2.23. The van der Waals surface area contributed by atoms with E-state index in [-0.39, 0.29) is 5.91 Å². The van der Waals surface area contributed by atoms with E-state index in [1.54, 1.807) is 0 Å². The second kappa shape index (κ2) is 6.09. The van der Waals surface area contributed by atoms with E-state index < -0.39 is 5.72 Å². The van der Waals surface area contributed by atoms with Gasteiger partial charge in [0.1, 0.15) is 5.75 Å². The van der Waals surface area contributed by atoms with Crippen molar-refractivity contribution in [3.05, 3.63) is 29.8 Å². The highest BCUT2D eigenvalue weighted by Gasteiger charge is 2.38. The van der Waals surface area contributed by atoms with Gasteiger partial charge in [0.2, 0.25) is 0 Å². The third kappa shape index (κ3) is 3.09. The summed E-state index contributed by atoms with van der Waals surface area (Å²) < 4.78 is 6.16. The molecule has 3 nitrogen and oxygen atoms in total. The molecule has 1 aromatic carbocycles. The zero-order valence-corrected chi connectivity index (χ0v) is 11.9. The molecular formula is C16H23NO2. The van der Waals surface area contributed by atoms with E-state index in [0.29, 0.717) is 5.56 Å². The molecule has 0 radical (unpaired) electrons. The summed E-state index contributed by atoms with van der Waals surface area (Å²) in [5, 5.41) is 3.09. The topological polar surface area (TPSA) is 38.3 Å². The van der Waals surface area contributed by atoms with Gasteiger partial charge in [0.15, 0.2) is 5.72 Å². The Morgan fingerprint density at radius 2 is 1.74 bits per heavy atom. The number of benzene rings is 1. The molecule has 0 fully saturated rings. The number of para-hydroxylation sites is 1. The van der Waals surface area contributed by atoms with Gasteiger partial charge in [-0.25, -0.2) is 0 Å². The first kappa shape index (κ1) is 13.9. The van der Waals surface area contributed by atoms with Crippen LogP contribution in [0.25, 0.3) is 0 Å². The van der Waals surface area contributed by atoms with Gasteiger partial charge in [-0.3, -0.25) is 4.79 Å². The van der Waals surface area contributed by atoms with E-state index in [2.05, 4.69) is 19.2 Å². The maximum Gasteiger partial charge on any atom is 0.258 e. The molecule has 0 spiro atoms. The molecule has 1 aliphatic heterocycles. The lowest BCUT2D eigenvalue weighted by molar-refractivity contribution is 0.00255. The van der Waals surface area contributed by atoms with Crippen LogP contribution >= 0.6 is 0 Å². The normalized spacial score (nSPS) is 16.4. The Morgan fingerprint density at radius 1 is 1.11 bits per heavy atom. The molecule has 0 unspecified atom stereocenters. The van der Waals surface area contributed by atoms with Crippen LogP contribution in [0.15, 0.2) is 24.3 Å². The SMILES string of the molecule is CCCCC1(CCCC)NC(=O)c2ccccc2O1. The van der Waals surface area contributed by atoms with Crippen molar-refractivity contribution in [1.82, 2.24) is 5.32 Å². The van der Waals surface area contributed by atoms with Gasteiger partial charge >= 0.3 is 0 Å². The molecule has 1 aliphatic rings. The summed E-state index contributed by atoms with van der Waals surface area (Å²) in [5.74, 6) is 0.715. The van der Waals surface area contributed by atoms with E-state index in [1.807, 2.05) is 24.3 Å². The summed E-state index contributed by atoms with van der Waals surface area (Å²) in [7, 11) is 0. The van der Waals surface area contributed by atoms with Gasteiger partial charge in [0.05, 0.1) is 5.56 Å². The molecule has 104 valence electrons. The van der Waals surface area contributed by atoms with Gasteiger partial charge in [-0.05, 0) is 25.0 Å². The number of nitrogens with one attached hydrogen (secondary N) is 1. The van der Waals surface area contributed by atoms with Gasteiger partial charge < -0.3 is 10.1 Å². The van der Waals surface area contributed by atoms with E-state index in [0.717, 1.165) is 44.3 Å². The van der Waals surface area contributed by atoms with Gasteiger partial charge in [-0.15, -0.1) is 0 Å². The van der Waals surface area contributed by atoms with Crippen LogP contribution in [0, 0.1) is 0 Å². The lowest BCUT2D eigenvalue weighted by Gasteiger charge is -2.39. The van der Waals surface area contributed by atoms with Gasteiger partial charge in [0, 0.05) is 12.8 Å². The molecule has 1 N–H and O–H groups in total. The van der Waals surface area contributed by atoms with Crippen molar-refractivity contribution in [2.45, 2.75) is 58.1 Å². The number of carbonyl (C=O) groups excluding carboxylic acids is 1. The minimum atomic E-state index is -0.503. The summed E-state index contributed by atoms with van der Waals surface area (Å²) in [6.45, 7) is 4.32. The predicted molar refractivity (Wildman–Crippen MR) is 76.3 cm³/mol. The van der Waals surface area contributed by atoms with Crippen LogP contribution < -0.4 is 10.1 Å². The van der Waals surface area contributed by atoms with Crippen LogP contribution in [0.3, 0.4) is 0 Å². The van der Waals surface area contributed by atoms with Gasteiger partial charge in [-0.1, -0.05) is 38.8 Å². The van der Waals surface area contributed by atoms with Crippen LogP contribution in [0.1, 0.15) is 62.7 Å². The predicted octanol–water partition coefficient (Wildman–Crippen LogP) is 3.89. The molecule has 0 saturated heterocycles. The van der Waals surface area contributed by atoms with Crippen molar-refractivity contribution in [2.75, 3.05) is 0 Å². The number of hydrogen-bond donors (Lipinski definition) is 1. The summed E-state index contributed by atoms with van der Waals surface area (Å²) in [6, 6.07) is 7.49. The second-order valence-electron chi connectivity index (χ2n) is 5.25. The third-order valence-electron chi connectivity index (χ3n) is 3.65. The number of amides is 1. The first-order valence-corrected chi connectivity index (χ1v) is 7.31. The Bertz CT molecular complexity index is 434. The molecule has 0 saturated carbocycles. The molecule has 0 atom stereocenters. The zero-order valence-electron chi connectivity index (χ0n) is 11.9. The summed E-state index contributed by atoms with van der Waals surface area (Å²) in [4.78, 5) is 12.2. The number of hydrogen-bond acceptors (Lipinski definition) is 2. The first-order chi connectivity index (χ1) is 9.21. The van der Waals surface area contributed by atoms with Crippen molar-refractivity contribution in [3.8, 4) is 5.75 Å². The molecule has 0 bridgehead atoms. The van der Waals surface area contributed by atoms with Crippen LogP contribution in [-0.2, 0) is 0 Å². The van der Waals surface area contributed by atoms with Gasteiger partial charge in [0.25, 0.3) is 5.91 Å². The highest BCUT2D eigenvalue weighted by atomic mass is 16.5. The number of ether oxygens (including phenoxy) is 1. The summed E-state index contributed by atoms with van der Waals surface area (Å²) >= 11 is 0. The second-order valence-corrected chi connectivity index (χ2v) is 5.25. The van der Waals surface area contributed by atoms with Crippen molar-refractivity contribution in [2.24, 2.45) is 0 Å². The minimum Gasteiger partial charge on any atom is -0.467 e. The highest BCUT2D eigenvalue weighted by Crippen LogP contribution is 2.33. The molecule has 3 heteroatoms. The fourth-order valence-electron chi connectivity index (χ4n) is 2.53. The smallest absolute Gasteiger partial charge is 0.258 e. The molecule has 1 heterocycles. The number of carbonyl (C=O) groups is 1. The van der Waals surface area contributed by atoms with Crippen molar-refractivity contribution < 1.29 is 9.53 Å². The molecule has 0 aromatic heterocycles. The quantitative estimate of drug-likeness (QED) is 0.843. The summed E-state index contributed by atoms with van der Waals surface area (Å²) in [6.07, 6.45) is 6.09. The van der Waals surface area contributed by atoms with Crippen molar-refractivity contribution in [1.29, 1.82) is 0 Å². The number of fused-ring (bicyclic) bond motifs is 1. The van der Waals surface area contributed by atoms with E-state index >= 15 is 0 Å². The van der Waals surface area contributed by atoms with Crippen molar-refractivity contribution in [3.63, 3.8) is 0 Å². The molecule has 1 aromatic rings. The first-order valence-electron chi connectivity index (χ1n) is 7.31. The van der Waals surface area contributed by atoms with Gasteiger partial charge in [-0.2, -0.15) is 0 Å². The van der Waals surface area contributed by atoms with Crippen LogP contribution in [0.5, 0.6) is 5.75 Å². The fourth-order valence-corrected chi connectivity index (χ4v) is 2.53. The Kier molecular flexibility index (Phi) is 4.46. The maximum atomic E-state index is 12.2. The van der Waals surface area contributed by atoms with Crippen molar-refractivity contribution >= 4 is 5.91 Å². The van der Waals surface area contributed by atoms with E-state index in [4.69, 9.17) is 4.74 Å². The average Bonchev–Trinajstić information content (AvgIpc) is 2.43. The van der Waals surface area contributed by atoms with E-state index in [1.165, 1.54) is 0 Å². The highest BCUT2D eigenvalue weighted by molar-refractivity contribution is 5.98. The van der Waals surface area contributed by atoms with Crippen LogP contribution in [0.4, 0.5) is 0 Å².